The van der Waals surface area contributed by atoms with Gasteiger partial charge >= 0.3 is 0 Å². The first-order valence-electron chi connectivity index (χ1n) is 9.20. The van der Waals surface area contributed by atoms with Gasteiger partial charge in [-0.3, -0.25) is 4.79 Å². The number of amides is 1. The first-order chi connectivity index (χ1) is 12.8. The molecule has 0 atom stereocenters. The maximum atomic E-state index is 12.4. The molecule has 0 bridgehead atoms. The molecule has 26 heavy (non-hydrogen) atoms. The monoisotopic (exact) mass is 347 g/mol. The lowest BCUT2D eigenvalue weighted by atomic mass is 10.00. The van der Waals surface area contributed by atoms with Gasteiger partial charge in [0.25, 0.3) is 5.91 Å². The van der Waals surface area contributed by atoms with E-state index >= 15 is 0 Å². The van der Waals surface area contributed by atoms with Gasteiger partial charge in [0.1, 0.15) is 0 Å². The van der Waals surface area contributed by atoms with Crippen molar-refractivity contribution >= 4 is 22.6 Å². The summed E-state index contributed by atoms with van der Waals surface area (Å²) in [6.45, 7) is 2.51. The van der Waals surface area contributed by atoms with Crippen LogP contribution in [0.4, 0.5) is 5.82 Å². The van der Waals surface area contributed by atoms with Crippen molar-refractivity contribution in [1.29, 1.82) is 0 Å². The highest BCUT2D eigenvalue weighted by molar-refractivity contribution is 5.97. The van der Waals surface area contributed by atoms with E-state index < -0.39 is 0 Å². The molecule has 2 fully saturated rings. The number of nitrogens with one attached hydrogen (secondary N) is 2. The van der Waals surface area contributed by atoms with Gasteiger partial charge in [-0.15, -0.1) is 5.10 Å². The number of hydrogen-bond acceptors (Lipinski definition) is 4. The van der Waals surface area contributed by atoms with Crippen LogP contribution in [0.25, 0.3) is 10.9 Å². The minimum absolute atomic E-state index is 0.0199. The molecule has 2 N–H and O–H groups in total. The van der Waals surface area contributed by atoms with Crippen LogP contribution in [-0.2, 0) is 0 Å². The molecule has 1 aliphatic heterocycles. The van der Waals surface area contributed by atoms with Crippen molar-refractivity contribution in [3.63, 3.8) is 0 Å². The molecule has 0 radical (unpaired) electrons. The van der Waals surface area contributed by atoms with Crippen LogP contribution in [0, 0.1) is 5.92 Å². The fourth-order valence-electron chi connectivity index (χ4n) is 3.52. The topological polar surface area (TPSA) is 73.9 Å². The summed E-state index contributed by atoms with van der Waals surface area (Å²) in [5.74, 6) is 2.02. The first kappa shape index (κ1) is 15.4. The Morgan fingerprint density at radius 3 is 2.81 bits per heavy atom. The molecule has 1 aromatic carbocycles. The molecule has 1 amide bonds. The van der Waals surface area contributed by atoms with E-state index in [0.717, 1.165) is 35.5 Å². The van der Waals surface area contributed by atoms with Crippen LogP contribution in [0.3, 0.4) is 0 Å². The van der Waals surface area contributed by atoms with Gasteiger partial charge in [0.2, 0.25) is 0 Å². The van der Waals surface area contributed by atoms with Gasteiger partial charge in [-0.1, -0.05) is 6.07 Å². The number of aromatic nitrogens is 3. The minimum atomic E-state index is -0.0199. The lowest BCUT2D eigenvalue weighted by Crippen LogP contribution is -2.51. The average molecular weight is 347 g/mol. The number of rotatable bonds is 5. The summed E-state index contributed by atoms with van der Waals surface area (Å²) in [4.78, 5) is 17.7. The first-order valence-corrected chi connectivity index (χ1v) is 9.20. The van der Waals surface area contributed by atoms with E-state index in [4.69, 9.17) is 0 Å². The van der Waals surface area contributed by atoms with Crippen LogP contribution in [0.15, 0.2) is 42.6 Å². The number of anilines is 1. The lowest BCUT2D eigenvalue weighted by molar-refractivity contribution is 0.0944. The van der Waals surface area contributed by atoms with Crippen LogP contribution in [0.2, 0.25) is 0 Å². The van der Waals surface area contributed by atoms with Crippen molar-refractivity contribution in [1.82, 2.24) is 20.5 Å². The Hall–Kier alpha value is -2.89. The summed E-state index contributed by atoms with van der Waals surface area (Å²) < 4.78 is 0. The normalized spacial score (nSPS) is 17.3. The van der Waals surface area contributed by atoms with Crippen LogP contribution in [0.5, 0.6) is 0 Å². The highest BCUT2D eigenvalue weighted by Gasteiger charge is 2.29. The SMILES string of the molecule is O=C(NCC1CN(c2ccc(C3CC3)nn2)C1)c1ccc2cc[nH]c2c1. The van der Waals surface area contributed by atoms with E-state index in [-0.39, 0.29) is 5.91 Å². The van der Waals surface area contributed by atoms with E-state index in [2.05, 4.69) is 37.5 Å². The maximum Gasteiger partial charge on any atom is 0.251 e. The Balaban J connectivity index is 1.13. The second-order valence-corrected chi connectivity index (χ2v) is 7.35. The van der Waals surface area contributed by atoms with E-state index in [0.29, 0.717) is 23.9 Å². The van der Waals surface area contributed by atoms with Gasteiger partial charge in [-0.25, -0.2) is 0 Å². The molecule has 0 spiro atoms. The fourth-order valence-corrected chi connectivity index (χ4v) is 3.52. The highest BCUT2D eigenvalue weighted by atomic mass is 16.1. The van der Waals surface area contributed by atoms with Gasteiger partial charge < -0.3 is 15.2 Å². The van der Waals surface area contributed by atoms with Crippen LogP contribution < -0.4 is 10.2 Å². The molecule has 3 aromatic rings. The Labute approximate surface area is 151 Å². The van der Waals surface area contributed by atoms with E-state index in [1.807, 2.05) is 30.5 Å². The molecular weight excluding hydrogens is 326 g/mol. The van der Waals surface area contributed by atoms with Crippen molar-refractivity contribution in [3.05, 3.63) is 53.9 Å². The number of H-pyrrole nitrogens is 1. The number of aromatic amines is 1. The predicted molar refractivity (Wildman–Crippen MR) is 100 cm³/mol. The summed E-state index contributed by atoms with van der Waals surface area (Å²) in [5, 5.41) is 12.8. The minimum Gasteiger partial charge on any atom is -0.361 e. The van der Waals surface area contributed by atoms with Crippen LogP contribution >= 0.6 is 0 Å². The number of benzene rings is 1. The summed E-state index contributed by atoms with van der Waals surface area (Å²) >= 11 is 0. The van der Waals surface area contributed by atoms with Crippen LogP contribution in [-0.4, -0.2) is 40.7 Å². The van der Waals surface area contributed by atoms with Crippen molar-refractivity contribution in [3.8, 4) is 0 Å². The molecule has 3 heterocycles. The van der Waals surface area contributed by atoms with Gasteiger partial charge in [0, 0.05) is 48.7 Å². The maximum absolute atomic E-state index is 12.4. The van der Waals surface area contributed by atoms with E-state index in [1.54, 1.807) is 0 Å². The van der Waals surface area contributed by atoms with Crippen molar-refractivity contribution in [2.75, 3.05) is 24.5 Å². The second kappa shape index (κ2) is 6.12. The van der Waals surface area contributed by atoms with Crippen molar-refractivity contribution in [2.24, 2.45) is 5.92 Å². The zero-order valence-corrected chi connectivity index (χ0v) is 14.5. The summed E-state index contributed by atoms with van der Waals surface area (Å²) in [7, 11) is 0. The molecule has 132 valence electrons. The number of fused-ring (bicyclic) bond motifs is 1. The molecule has 0 unspecified atom stereocenters. The van der Waals surface area contributed by atoms with E-state index in [9.17, 15) is 4.79 Å². The molecular formula is C20H21N5O. The molecule has 2 aliphatic rings. The van der Waals surface area contributed by atoms with Crippen LogP contribution in [0.1, 0.15) is 34.8 Å². The molecule has 1 saturated carbocycles. The summed E-state index contributed by atoms with van der Waals surface area (Å²) in [6, 6.07) is 11.9. The number of carbonyl (C=O) groups excluding carboxylic acids is 1. The third-order valence-electron chi connectivity index (χ3n) is 5.32. The zero-order valence-electron chi connectivity index (χ0n) is 14.5. The lowest BCUT2D eigenvalue weighted by Gasteiger charge is -2.39. The molecule has 2 aromatic heterocycles. The largest absolute Gasteiger partial charge is 0.361 e. The second-order valence-electron chi connectivity index (χ2n) is 7.35. The molecule has 5 rings (SSSR count). The average Bonchev–Trinajstić information content (AvgIpc) is 3.37. The van der Waals surface area contributed by atoms with Crippen molar-refractivity contribution < 1.29 is 4.79 Å². The van der Waals surface area contributed by atoms with Gasteiger partial charge in [0.05, 0.1) is 5.69 Å². The van der Waals surface area contributed by atoms with Gasteiger partial charge in [-0.2, -0.15) is 5.10 Å². The Morgan fingerprint density at radius 2 is 2.04 bits per heavy atom. The smallest absolute Gasteiger partial charge is 0.251 e. The van der Waals surface area contributed by atoms with Gasteiger partial charge in [0.15, 0.2) is 5.82 Å². The third-order valence-corrected chi connectivity index (χ3v) is 5.32. The molecule has 6 heteroatoms. The zero-order chi connectivity index (χ0) is 17.5. The standard InChI is InChI=1S/C20H21N5O/c26-20(16-4-3-15-7-8-21-18(15)9-16)22-10-13-11-25(12-13)19-6-5-17(23-24-19)14-1-2-14/h3-9,13-14,21H,1-2,10-12H2,(H,22,26). The van der Waals surface area contributed by atoms with E-state index in [1.165, 1.54) is 12.8 Å². The number of carbonyl (C=O) groups is 1. The molecule has 6 nitrogen and oxygen atoms in total. The number of hydrogen-bond donors (Lipinski definition) is 2. The Morgan fingerprint density at radius 1 is 1.15 bits per heavy atom. The third kappa shape index (κ3) is 2.92. The Kier molecular flexibility index (Phi) is 3.62. The summed E-state index contributed by atoms with van der Waals surface area (Å²) in [5.41, 5.74) is 2.80. The quantitative estimate of drug-likeness (QED) is 0.744. The predicted octanol–water partition coefficient (Wildman–Crippen LogP) is 2.70. The summed E-state index contributed by atoms with van der Waals surface area (Å²) in [6.07, 6.45) is 4.38. The Bertz CT molecular complexity index is 938. The van der Waals surface area contributed by atoms with Gasteiger partial charge in [-0.05, 0) is 48.6 Å². The van der Waals surface area contributed by atoms with Crippen molar-refractivity contribution in [2.45, 2.75) is 18.8 Å². The highest BCUT2D eigenvalue weighted by Crippen LogP contribution is 2.38. The number of nitrogens with zero attached hydrogens (tertiary/aromatic N) is 3. The molecule has 1 saturated heterocycles. The fraction of sp³-hybridized carbons (Fsp3) is 0.350. The molecule has 1 aliphatic carbocycles.